The number of aromatic nitrogens is 3. The number of nitrogens with zero attached hydrogens (tertiary/aromatic N) is 3. The highest BCUT2D eigenvalue weighted by Gasteiger charge is 2.38. The van der Waals surface area contributed by atoms with Gasteiger partial charge in [0, 0.05) is 29.0 Å². The Morgan fingerprint density at radius 1 is 1.27 bits per heavy atom. The number of hydrogen-bond donors (Lipinski definition) is 2. The van der Waals surface area contributed by atoms with Crippen molar-refractivity contribution in [1.29, 1.82) is 0 Å². The second kappa shape index (κ2) is 7.18. The van der Waals surface area contributed by atoms with Gasteiger partial charge in [0.05, 0.1) is 12.1 Å². The molecule has 0 fully saturated rings. The summed E-state index contributed by atoms with van der Waals surface area (Å²) in [7, 11) is 0. The monoisotopic (exact) mass is 379 g/mol. The summed E-state index contributed by atoms with van der Waals surface area (Å²) in [6.45, 7) is -0.263. The van der Waals surface area contributed by atoms with Crippen molar-refractivity contribution < 1.29 is 18.0 Å². The fourth-order valence-electron chi connectivity index (χ4n) is 2.19. The molecule has 1 amide bonds. The van der Waals surface area contributed by atoms with Crippen molar-refractivity contribution in [3.8, 4) is 10.6 Å². The van der Waals surface area contributed by atoms with Gasteiger partial charge in [-0.25, -0.2) is 15.0 Å². The number of thiazole rings is 1. The normalized spacial score (nSPS) is 11.4. The molecular formula is C16H12F3N5OS. The molecule has 2 heterocycles. The van der Waals surface area contributed by atoms with E-state index in [2.05, 4.69) is 20.3 Å². The molecule has 0 spiro atoms. The summed E-state index contributed by atoms with van der Waals surface area (Å²) in [6, 6.07) is 6.65. The largest absolute Gasteiger partial charge is 0.434 e. The number of rotatable bonds is 4. The molecule has 134 valence electrons. The average Bonchev–Trinajstić information content (AvgIpc) is 3.15. The summed E-state index contributed by atoms with van der Waals surface area (Å²) < 4.78 is 39.6. The summed E-state index contributed by atoms with van der Waals surface area (Å²) in [5, 5.41) is 4.96. The van der Waals surface area contributed by atoms with Crippen molar-refractivity contribution >= 4 is 22.9 Å². The van der Waals surface area contributed by atoms with Crippen LogP contribution in [0.1, 0.15) is 21.9 Å². The second-order valence-corrected chi connectivity index (χ2v) is 6.02. The van der Waals surface area contributed by atoms with Gasteiger partial charge in [0.25, 0.3) is 5.91 Å². The van der Waals surface area contributed by atoms with Gasteiger partial charge in [-0.2, -0.15) is 13.2 Å². The maximum Gasteiger partial charge on any atom is 0.434 e. The predicted octanol–water partition coefficient (Wildman–Crippen LogP) is 3.33. The highest BCUT2D eigenvalue weighted by atomic mass is 32.1. The molecule has 0 unspecified atom stereocenters. The van der Waals surface area contributed by atoms with Crippen molar-refractivity contribution in [2.24, 2.45) is 5.73 Å². The number of carbonyl (C=O) groups excluding carboxylic acids is 1. The molecule has 6 nitrogen and oxygen atoms in total. The van der Waals surface area contributed by atoms with Crippen LogP contribution in [-0.4, -0.2) is 20.9 Å². The summed E-state index contributed by atoms with van der Waals surface area (Å²) >= 11 is 1.41. The summed E-state index contributed by atoms with van der Waals surface area (Å²) in [5.41, 5.74) is 4.36. The number of nitrogens with two attached hydrogens (primary N) is 1. The van der Waals surface area contributed by atoms with Crippen LogP contribution >= 0.6 is 11.3 Å². The first-order chi connectivity index (χ1) is 12.4. The minimum absolute atomic E-state index is 0.195. The van der Waals surface area contributed by atoms with Crippen LogP contribution in [0.25, 0.3) is 10.6 Å². The minimum Gasteiger partial charge on any atom is -0.324 e. The van der Waals surface area contributed by atoms with Gasteiger partial charge in [-0.15, -0.1) is 11.3 Å². The van der Waals surface area contributed by atoms with Gasteiger partial charge in [0.15, 0.2) is 5.69 Å². The summed E-state index contributed by atoms with van der Waals surface area (Å²) in [5.74, 6) is -1.16. The van der Waals surface area contributed by atoms with E-state index in [-0.39, 0.29) is 12.4 Å². The highest BCUT2D eigenvalue weighted by Crippen LogP contribution is 2.31. The molecule has 26 heavy (non-hydrogen) atoms. The lowest BCUT2D eigenvalue weighted by Gasteiger charge is -2.13. The Morgan fingerprint density at radius 3 is 2.73 bits per heavy atom. The van der Waals surface area contributed by atoms with Crippen LogP contribution in [-0.2, 0) is 12.7 Å². The number of benzene rings is 1. The van der Waals surface area contributed by atoms with Crippen molar-refractivity contribution in [2.75, 3.05) is 5.32 Å². The quantitative estimate of drug-likeness (QED) is 0.725. The summed E-state index contributed by atoms with van der Waals surface area (Å²) in [4.78, 5) is 23.5. The lowest BCUT2D eigenvalue weighted by atomic mass is 10.1. The lowest BCUT2D eigenvalue weighted by Crippen LogP contribution is -2.22. The van der Waals surface area contributed by atoms with E-state index in [0.29, 0.717) is 5.69 Å². The van der Waals surface area contributed by atoms with Crippen LogP contribution in [0, 0.1) is 0 Å². The van der Waals surface area contributed by atoms with Crippen molar-refractivity contribution in [3.05, 3.63) is 59.1 Å². The molecule has 3 rings (SSSR count). The number of hydrogen-bond acceptors (Lipinski definition) is 6. The van der Waals surface area contributed by atoms with E-state index in [1.807, 2.05) is 0 Å². The Kier molecular flexibility index (Phi) is 4.96. The molecule has 2 aromatic heterocycles. The fraction of sp³-hybridized carbons (Fsp3) is 0.125. The molecule has 0 bridgehead atoms. The van der Waals surface area contributed by atoms with E-state index in [9.17, 15) is 18.0 Å². The van der Waals surface area contributed by atoms with Crippen LogP contribution in [0.3, 0.4) is 0 Å². The highest BCUT2D eigenvalue weighted by molar-refractivity contribution is 7.13. The van der Waals surface area contributed by atoms with Crippen molar-refractivity contribution in [2.45, 2.75) is 12.7 Å². The van der Waals surface area contributed by atoms with Crippen LogP contribution in [0.4, 0.5) is 18.9 Å². The van der Waals surface area contributed by atoms with Gasteiger partial charge < -0.3 is 11.1 Å². The van der Waals surface area contributed by atoms with Gasteiger partial charge in [-0.3, -0.25) is 4.79 Å². The van der Waals surface area contributed by atoms with E-state index in [4.69, 9.17) is 5.73 Å². The molecule has 10 heteroatoms. The molecule has 3 N–H and O–H groups in total. The zero-order valence-corrected chi connectivity index (χ0v) is 13.9. The van der Waals surface area contributed by atoms with Crippen LogP contribution in [0.15, 0.2) is 42.0 Å². The SMILES string of the molecule is NCc1ncc(C(=O)Nc2cccc(-c3nccs3)c2)c(C(F)(F)F)n1. The van der Waals surface area contributed by atoms with Gasteiger partial charge in [-0.05, 0) is 12.1 Å². The van der Waals surface area contributed by atoms with Crippen LogP contribution < -0.4 is 11.1 Å². The lowest BCUT2D eigenvalue weighted by molar-refractivity contribution is -0.141. The Hall–Kier alpha value is -2.85. The van der Waals surface area contributed by atoms with Gasteiger partial charge in [0.2, 0.25) is 0 Å². The summed E-state index contributed by atoms with van der Waals surface area (Å²) in [6.07, 6.45) is -2.34. The topological polar surface area (TPSA) is 93.8 Å². The van der Waals surface area contributed by atoms with E-state index in [0.717, 1.165) is 16.8 Å². The van der Waals surface area contributed by atoms with Crippen LogP contribution in [0.5, 0.6) is 0 Å². The average molecular weight is 379 g/mol. The van der Waals surface area contributed by atoms with E-state index in [1.165, 1.54) is 11.3 Å². The third-order valence-corrected chi connectivity index (χ3v) is 4.16. The van der Waals surface area contributed by atoms with Gasteiger partial charge in [0.1, 0.15) is 10.8 Å². The smallest absolute Gasteiger partial charge is 0.324 e. The molecular weight excluding hydrogens is 367 g/mol. The number of amides is 1. The van der Waals surface area contributed by atoms with Gasteiger partial charge in [-0.1, -0.05) is 12.1 Å². The zero-order valence-electron chi connectivity index (χ0n) is 13.1. The molecule has 0 aliphatic rings. The molecule has 3 aromatic rings. The zero-order chi connectivity index (χ0) is 18.7. The molecule has 0 saturated heterocycles. The molecule has 0 radical (unpaired) electrons. The molecule has 0 aliphatic carbocycles. The third-order valence-electron chi connectivity index (χ3n) is 3.33. The predicted molar refractivity (Wildman–Crippen MR) is 90.4 cm³/mol. The number of alkyl halides is 3. The number of anilines is 1. The van der Waals surface area contributed by atoms with E-state index in [1.54, 1.807) is 35.8 Å². The standard InChI is InChI=1S/C16H12F3N5OS/c17-16(18,19)13-11(8-22-12(7-20)24-13)14(25)23-10-3-1-2-9(6-10)15-21-4-5-26-15/h1-6,8H,7,20H2,(H,23,25). The van der Waals surface area contributed by atoms with E-state index < -0.39 is 23.3 Å². The van der Waals surface area contributed by atoms with E-state index >= 15 is 0 Å². The van der Waals surface area contributed by atoms with Crippen LogP contribution in [0.2, 0.25) is 0 Å². The molecule has 1 aromatic carbocycles. The second-order valence-electron chi connectivity index (χ2n) is 5.12. The first-order valence-corrected chi connectivity index (χ1v) is 8.21. The molecule has 0 atom stereocenters. The maximum absolute atomic E-state index is 13.2. The Morgan fingerprint density at radius 2 is 2.08 bits per heavy atom. The Balaban J connectivity index is 1.90. The first-order valence-electron chi connectivity index (χ1n) is 7.33. The Labute approximate surface area is 149 Å². The first kappa shape index (κ1) is 18.0. The molecule has 0 aliphatic heterocycles. The minimum atomic E-state index is -4.80. The number of carbonyl (C=O) groups is 1. The van der Waals surface area contributed by atoms with Gasteiger partial charge >= 0.3 is 6.18 Å². The Bertz CT molecular complexity index is 928. The number of halogens is 3. The van der Waals surface area contributed by atoms with Crippen molar-refractivity contribution in [3.63, 3.8) is 0 Å². The third kappa shape index (κ3) is 3.86. The molecule has 0 saturated carbocycles. The number of nitrogens with one attached hydrogen (secondary N) is 1. The maximum atomic E-state index is 13.2. The van der Waals surface area contributed by atoms with Crippen molar-refractivity contribution in [1.82, 2.24) is 15.0 Å². The fourth-order valence-corrected chi connectivity index (χ4v) is 2.83.